The van der Waals surface area contributed by atoms with Crippen LogP contribution >= 0.6 is 11.6 Å². The first-order valence-electron chi connectivity index (χ1n) is 9.01. The van der Waals surface area contributed by atoms with Gasteiger partial charge in [-0.3, -0.25) is 19.9 Å². The molecule has 28 heavy (non-hydrogen) atoms. The third kappa shape index (κ3) is 4.67. The van der Waals surface area contributed by atoms with Gasteiger partial charge in [0, 0.05) is 49.4 Å². The molecule has 148 valence electrons. The maximum atomic E-state index is 12.4. The highest BCUT2D eigenvalue weighted by atomic mass is 35.5. The number of carbonyl (C=O) groups excluding carboxylic acids is 1. The average molecular weight is 404 g/mol. The largest absolute Gasteiger partial charge is 0.468 e. The van der Waals surface area contributed by atoms with E-state index in [2.05, 4.69) is 9.80 Å². The quantitative estimate of drug-likeness (QED) is 0.418. The Labute approximate surface area is 168 Å². The fourth-order valence-electron chi connectivity index (χ4n) is 3.50. The third-order valence-electron chi connectivity index (χ3n) is 4.96. The number of ether oxygens (including phenoxy) is 1. The number of rotatable bonds is 6. The van der Waals surface area contributed by atoms with Gasteiger partial charge >= 0.3 is 5.97 Å². The zero-order chi connectivity index (χ0) is 20.1. The molecule has 0 bridgehead atoms. The SMILES string of the molecule is COC(=O)C(c1ccc(Cl)cc1)N1CCN(Cc2ccccc2[N+](=O)[O-])CC1. The number of esters is 1. The molecule has 1 atom stereocenters. The molecular weight excluding hydrogens is 382 g/mol. The van der Waals surface area contributed by atoms with Crippen LogP contribution in [-0.4, -0.2) is 54.0 Å². The van der Waals surface area contributed by atoms with E-state index in [9.17, 15) is 14.9 Å². The van der Waals surface area contributed by atoms with Crippen LogP contribution in [0.1, 0.15) is 17.2 Å². The molecule has 3 rings (SSSR count). The smallest absolute Gasteiger partial charge is 0.327 e. The van der Waals surface area contributed by atoms with Gasteiger partial charge in [0.25, 0.3) is 5.69 Å². The summed E-state index contributed by atoms with van der Waals surface area (Å²) in [6.07, 6.45) is 0. The number of nitro groups is 1. The zero-order valence-electron chi connectivity index (χ0n) is 15.6. The Morgan fingerprint density at radius 3 is 2.39 bits per heavy atom. The highest BCUT2D eigenvalue weighted by Crippen LogP contribution is 2.26. The second-order valence-corrected chi connectivity index (χ2v) is 7.11. The molecule has 8 heteroatoms. The minimum absolute atomic E-state index is 0.138. The molecule has 0 spiro atoms. The van der Waals surface area contributed by atoms with E-state index in [0.717, 1.165) is 5.56 Å². The molecule has 0 radical (unpaired) electrons. The number of halogens is 1. The molecule has 0 aliphatic carbocycles. The van der Waals surface area contributed by atoms with Crippen molar-refractivity contribution in [1.29, 1.82) is 0 Å². The predicted octanol–water partition coefficient (Wildman–Crippen LogP) is 3.28. The van der Waals surface area contributed by atoms with Gasteiger partial charge in [-0.2, -0.15) is 0 Å². The first kappa shape index (κ1) is 20.3. The van der Waals surface area contributed by atoms with E-state index < -0.39 is 6.04 Å². The van der Waals surface area contributed by atoms with E-state index in [1.54, 1.807) is 24.3 Å². The number of hydrogen-bond acceptors (Lipinski definition) is 6. The molecule has 1 fully saturated rings. The van der Waals surface area contributed by atoms with Crippen molar-refractivity contribution in [3.63, 3.8) is 0 Å². The van der Waals surface area contributed by atoms with Gasteiger partial charge in [-0.15, -0.1) is 0 Å². The lowest BCUT2D eigenvalue weighted by Gasteiger charge is -2.38. The van der Waals surface area contributed by atoms with Gasteiger partial charge in [-0.25, -0.2) is 4.79 Å². The van der Waals surface area contributed by atoms with E-state index in [4.69, 9.17) is 16.3 Å². The predicted molar refractivity (Wildman–Crippen MR) is 106 cm³/mol. The Bertz CT molecular complexity index is 836. The molecule has 1 unspecified atom stereocenters. The lowest BCUT2D eigenvalue weighted by molar-refractivity contribution is -0.385. The van der Waals surface area contributed by atoms with Crippen LogP contribution in [0.25, 0.3) is 0 Å². The van der Waals surface area contributed by atoms with Crippen LogP contribution < -0.4 is 0 Å². The standard InChI is InChI=1S/C20H22ClN3O4/c1-28-20(25)19(15-6-8-17(21)9-7-15)23-12-10-22(11-13-23)14-16-4-2-3-5-18(16)24(26)27/h2-9,19H,10-14H2,1H3. The summed E-state index contributed by atoms with van der Waals surface area (Å²) in [5.74, 6) is -0.311. The minimum atomic E-state index is -0.490. The first-order chi connectivity index (χ1) is 13.5. The van der Waals surface area contributed by atoms with E-state index >= 15 is 0 Å². The summed E-state index contributed by atoms with van der Waals surface area (Å²) in [5, 5.41) is 11.8. The van der Waals surface area contributed by atoms with Crippen LogP contribution in [0, 0.1) is 10.1 Å². The first-order valence-corrected chi connectivity index (χ1v) is 9.39. The molecule has 0 amide bonds. The van der Waals surface area contributed by atoms with Gasteiger partial charge in [0.1, 0.15) is 6.04 Å². The number of benzene rings is 2. The molecule has 0 saturated carbocycles. The van der Waals surface area contributed by atoms with Gasteiger partial charge in [-0.1, -0.05) is 41.9 Å². The molecule has 1 heterocycles. The van der Waals surface area contributed by atoms with Crippen molar-refractivity contribution in [2.45, 2.75) is 12.6 Å². The number of hydrogen-bond donors (Lipinski definition) is 0. The fraction of sp³-hybridized carbons (Fsp3) is 0.350. The number of piperazine rings is 1. The molecule has 1 saturated heterocycles. The normalized spacial score (nSPS) is 16.5. The van der Waals surface area contributed by atoms with Gasteiger partial charge in [0.05, 0.1) is 12.0 Å². The van der Waals surface area contributed by atoms with Crippen molar-refractivity contribution in [3.05, 3.63) is 74.8 Å². The van der Waals surface area contributed by atoms with Gasteiger partial charge in [0.2, 0.25) is 0 Å². The van der Waals surface area contributed by atoms with Crippen molar-refractivity contribution in [3.8, 4) is 0 Å². The van der Waals surface area contributed by atoms with Gasteiger partial charge in [-0.05, 0) is 17.7 Å². The topological polar surface area (TPSA) is 75.9 Å². The molecule has 7 nitrogen and oxygen atoms in total. The van der Waals surface area contributed by atoms with Crippen LogP contribution in [0.2, 0.25) is 5.02 Å². The number of nitro benzene ring substituents is 1. The third-order valence-corrected chi connectivity index (χ3v) is 5.22. The Balaban J connectivity index is 1.68. The van der Waals surface area contributed by atoms with Crippen molar-refractivity contribution < 1.29 is 14.5 Å². The molecular formula is C20H22ClN3O4. The van der Waals surface area contributed by atoms with E-state index in [0.29, 0.717) is 43.3 Å². The zero-order valence-corrected chi connectivity index (χ0v) is 16.3. The van der Waals surface area contributed by atoms with Gasteiger partial charge < -0.3 is 4.74 Å². The lowest BCUT2D eigenvalue weighted by atomic mass is 10.0. The molecule has 0 N–H and O–H groups in total. The number of carbonyl (C=O) groups is 1. The summed E-state index contributed by atoms with van der Waals surface area (Å²) >= 11 is 5.96. The van der Waals surface area contributed by atoms with Gasteiger partial charge in [0.15, 0.2) is 0 Å². The van der Waals surface area contributed by atoms with Crippen LogP contribution in [0.5, 0.6) is 0 Å². The number of para-hydroxylation sites is 1. The maximum Gasteiger partial charge on any atom is 0.327 e. The second-order valence-electron chi connectivity index (χ2n) is 6.68. The molecule has 1 aliphatic heterocycles. The molecule has 0 aromatic heterocycles. The highest BCUT2D eigenvalue weighted by Gasteiger charge is 2.31. The van der Waals surface area contributed by atoms with E-state index in [1.165, 1.54) is 13.2 Å². The van der Waals surface area contributed by atoms with Crippen molar-refractivity contribution >= 4 is 23.3 Å². The summed E-state index contributed by atoms with van der Waals surface area (Å²) in [4.78, 5) is 27.5. The minimum Gasteiger partial charge on any atom is -0.468 e. The Hall–Kier alpha value is -2.48. The van der Waals surface area contributed by atoms with E-state index in [1.807, 2.05) is 18.2 Å². The Morgan fingerprint density at radius 2 is 1.79 bits per heavy atom. The average Bonchev–Trinajstić information content (AvgIpc) is 2.71. The number of methoxy groups -OCH3 is 1. The maximum absolute atomic E-state index is 12.4. The monoisotopic (exact) mass is 403 g/mol. The highest BCUT2D eigenvalue weighted by molar-refractivity contribution is 6.30. The second kappa shape index (κ2) is 9.14. The summed E-state index contributed by atoms with van der Waals surface area (Å²) in [5.41, 5.74) is 1.67. The molecule has 2 aromatic rings. The summed E-state index contributed by atoms with van der Waals surface area (Å²) in [7, 11) is 1.38. The number of nitrogens with zero attached hydrogens (tertiary/aromatic N) is 3. The Morgan fingerprint density at radius 1 is 1.14 bits per heavy atom. The van der Waals surface area contributed by atoms with Crippen LogP contribution in [0.15, 0.2) is 48.5 Å². The molecule has 1 aliphatic rings. The van der Waals surface area contributed by atoms with Crippen molar-refractivity contribution in [1.82, 2.24) is 9.80 Å². The van der Waals surface area contributed by atoms with Crippen molar-refractivity contribution in [2.75, 3.05) is 33.3 Å². The lowest BCUT2D eigenvalue weighted by Crippen LogP contribution is -2.49. The van der Waals surface area contributed by atoms with Crippen LogP contribution in [0.3, 0.4) is 0 Å². The summed E-state index contributed by atoms with van der Waals surface area (Å²) in [6.45, 7) is 3.22. The van der Waals surface area contributed by atoms with Crippen LogP contribution in [-0.2, 0) is 16.1 Å². The van der Waals surface area contributed by atoms with Crippen molar-refractivity contribution in [2.24, 2.45) is 0 Å². The van der Waals surface area contributed by atoms with Crippen LogP contribution in [0.4, 0.5) is 5.69 Å². The summed E-state index contributed by atoms with van der Waals surface area (Å²) in [6, 6.07) is 13.5. The summed E-state index contributed by atoms with van der Waals surface area (Å²) < 4.78 is 5.01. The Kier molecular flexibility index (Phi) is 6.61. The molecule has 2 aromatic carbocycles. The fourth-order valence-corrected chi connectivity index (χ4v) is 3.62. The van der Waals surface area contributed by atoms with E-state index in [-0.39, 0.29) is 16.6 Å².